The Kier molecular flexibility index (Phi) is 5.85. The van der Waals surface area contributed by atoms with Crippen molar-refractivity contribution in [2.45, 2.75) is 33.9 Å². The number of hydrogen-bond donors (Lipinski definition) is 1. The standard InChI is InChI=1S/C24H22F2N4O2/c1-4-30-13-18(15(3)29-30)21-12-17(16-7-5-6-8-19(16)27-21)23(31)28-20-10-9-14(2)11-22(20)32-24(25)26/h5-13,24H,4H2,1-3H3,(H,28,31). The minimum Gasteiger partial charge on any atom is -0.433 e. The second-order valence-corrected chi connectivity index (χ2v) is 7.39. The van der Waals surface area contributed by atoms with Gasteiger partial charge in [0.15, 0.2) is 0 Å². The number of alkyl halides is 2. The van der Waals surface area contributed by atoms with Gasteiger partial charge < -0.3 is 10.1 Å². The molecule has 0 aliphatic rings. The molecule has 0 saturated carbocycles. The highest BCUT2D eigenvalue weighted by molar-refractivity contribution is 6.13. The van der Waals surface area contributed by atoms with Gasteiger partial charge in [-0.2, -0.15) is 13.9 Å². The molecule has 0 radical (unpaired) electrons. The van der Waals surface area contributed by atoms with Gasteiger partial charge in [-0.15, -0.1) is 0 Å². The molecule has 0 atom stereocenters. The van der Waals surface area contributed by atoms with Crippen molar-refractivity contribution in [1.29, 1.82) is 0 Å². The number of halogens is 2. The van der Waals surface area contributed by atoms with Crippen LogP contribution in [-0.2, 0) is 6.54 Å². The Morgan fingerprint density at radius 2 is 1.94 bits per heavy atom. The molecule has 0 fully saturated rings. The van der Waals surface area contributed by atoms with Crippen LogP contribution in [0, 0.1) is 13.8 Å². The molecule has 2 aromatic carbocycles. The predicted molar refractivity (Wildman–Crippen MR) is 119 cm³/mol. The molecule has 2 heterocycles. The van der Waals surface area contributed by atoms with E-state index in [0.29, 0.717) is 28.7 Å². The van der Waals surface area contributed by atoms with Gasteiger partial charge in [0.2, 0.25) is 0 Å². The number of amides is 1. The Bertz CT molecular complexity index is 1300. The molecule has 2 aromatic heterocycles. The van der Waals surface area contributed by atoms with Crippen LogP contribution in [-0.4, -0.2) is 27.3 Å². The maximum Gasteiger partial charge on any atom is 0.387 e. The summed E-state index contributed by atoms with van der Waals surface area (Å²) in [7, 11) is 0. The number of hydrogen-bond acceptors (Lipinski definition) is 4. The number of fused-ring (bicyclic) bond motifs is 1. The summed E-state index contributed by atoms with van der Waals surface area (Å²) in [6.07, 6.45) is 1.89. The van der Waals surface area contributed by atoms with Crippen LogP contribution in [0.15, 0.2) is 54.7 Å². The lowest BCUT2D eigenvalue weighted by Crippen LogP contribution is -2.15. The number of para-hydroxylation sites is 1. The van der Waals surface area contributed by atoms with Crippen LogP contribution in [0.1, 0.15) is 28.5 Å². The lowest BCUT2D eigenvalue weighted by Gasteiger charge is -2.14. The number of aromatic nitrogens is 3. The quantitative estimate of drug-likeness (QED) is 0.428. The number of carbonyl (C=O) groups excluding carboxylic acids is 1. The predicted octanol–water partition coefficient (Wildman–Crippen LogP) is 5.59. The van der Waals surface area contributed by atoms with E-state index in [1.807, 2.05) is 42.9 Å². The van der Waals surface area contributed by atoms with E-state index in [-0.39, 0.29) is 11.4 Å². The first-order valence-electron chi connectivity index (χ1n) is 10.2. The number of anilines is 1. The maximum atomic E-state index is 13.3. The molecule has 0 saturated heterocycles. The Hall–Kier alpha value is -3.81. The van der Waals surface area contributed by atoms with Gasteiger partial charge in [0.05, 0.1) is 28.2 Å². The second-order valence-electron chi connectivity index (χ2n) is 7.39. The molecule has 164 valence electrons. The van der Waals surface area contributed by atoms with Gasteiger partial charge in [-0.1, -0.05) is 24.3 Å². The molecule has 4 aromatic rings. The lowest BCUT2D eigenvalue weighted by molar-refractivity contribution is -0.0494. The second kappa shape index (κ2) is 8.74. The number of nitrogens with zero attached hydrogens (tertiary/aromatic N) is 3. The van der Waals surface area contributed by atoms with Crippen LogP contribution in [0.2, 0.25) is 0 Å². The van der Waals surface area contributed by atoms with Gasteiger partial charge in [0.25, 0.3) is 5.91 Å². The molecule has 0 aliphatic heterocycles. The van der Waals surface area contributed by atoms with Crippen LogP contribution in [0.3, 0.4) is 0 Å². The minimum absolute atomic E-state index is 0.0907. The molecule has 4 rings (SSSR count). The number of aryl methyl sites for hydroxylation is 3. The maximum absolute atomic E-state index is 13.3. The molecule has 0 unspecified atom stereocenters. The van der Waals surface area contributed by atoms with Crippen molar-refractivity contribution in [3.05, 3.63) is 71.5 Å². The zero-order valence-corrected chi connectivity index (χ0v) is 17.9. The smallest absolute Gasteiger partial charge is 0.387 e. The van der Waals surface area contributed by atoms with E-state index in [1.54, 1.807) is 31.2 Å². The summed E-state index contributed by atoms with van der Waals surface area (Å²) in [4.78, 5) is 18.0. The van der Waals surface area contributed by atoms with Crippen LogP contribution in [0.5, 0.6) is 5.75 Å². The first-order valence-corrected chi connectivity index (χ1v) is 10.2. The van der Waals surface area contributed by atoms with Gasteiger partial charge in [-0.3, -0.25) is 9.48 Å². The van der Waals surface area contributed by atoms with Gasteiger partial charge >= 0.3 is 6.61 Å². The van der Waals surface area contributed by atoms with E-state index in [4.69, 9.17) is 4.98 Å². The van der Waals surface area contributed by atoms with Crippen molar-refractivity contribution in [3.63, 3.8) is 0 Å². The first kappa shape index (κ1) is 21.4. The van der Waals surface area contributed by atoms with E-state index >= 15 is 0 Å². The molecule has 32 heavy (non-hydrogen) atoms. The van der Waals surface area contributed by atoms with Crippen molar-refractivity contribution in [1.82, 2.24) is 14.8 Å². The molecule has 0 bridgehead atoms. The Morgan fingerprint density at radius 1 is 1.16 bits per heavy atom. The van der Waals surface area contributed by atoms with Crippen LogP contribution in [0.4, 0.5) is 14.5 Å². The van der Waals surface area contributed by atoms with Crippen molar-refractivity contribution in [2.75, 3.05) is 5.32 Å². The van der Waals surface area contributed by atoms with Crippen LogP contribution in [0.25, 0.3) is 22.2 Å². The van der Waals surface area contributed by atoms with E-state index in [9.17, 15) is 13.6 Å². The first-order chi connectivity index (χ1) is 15.4. The molecule has 0 spiro atoms. The normalized spacial score (nSPS) is 11.2. The third-order valence-electron chi connectivity index (χ3n) is 5.11. The van der Waals surface area contributed by atoms with E-state index in [2.05, 4.69) is 15.2 Å². The molecule has 1 amide bonds. The number of benzene rings is 2. The largest absolute Gasteiger partial charge is 0.433 e. The van der Waals surface area contributed by atoms with Crippen LogP contribution < -0.4 is 10.1 Å². The number of carbonyl (C=O) groups is 1. The van der Waals surface area contributed by atoms with E-state index in [0.717, 1.165) is 16.8 Å². The zero-order chi connectivity index (χ0) is 22.8. The highest BCUT2D eigenvalue weighted by Crippen LogP contribution is 2.30. The number of pyridine rings is 1. The van der Waals surface area contributed by atoms with Crippen molar-refractivity contribution in [2.24, 2.45) is 0 Å². The van der Waals surface area contributed by atoms with Crippen molar-refractivity contribution >= 4 is 22.5 Å². The fraction of sp³-hybridized carbons (Fsp3) is 0.208. The third-order valence-corrected chi connectivity index (χ3v) is 5.11. The van der Waals surface area contributed by atoms with Crippen molar-refractivity contribution in [3.8, 4) is 17.0 Å². The summed E-state index contributed by atoms with van der Waals surface area (Å²) >= 11 is 0. The van der Waals surface area contributed by atoms with E-state index in [1.165, 1.54) is 6.07 Å². The van der Waals surface area contributed by atoms with Gasteiger partial charge in [-0.05, 0) is 50.6 Å². The van der Waals surface area contributed by atoms with Gasteiger partial charge in [0, 0.05) is 23.7 Å². The van der Waals surface area contributed by atoms with Crippen LogP contribution >= 0.6 is 0 Å². The topological polar surface area (TPSA) is 69.0 Å². The summed E-state index contributed by atoms with van der Waals surface area (Å²) in [6.45, 7) is 3.34. The molecule has 0 aliphatic carbocycles. The monoisotopic (exact) mass is 436 g/mol. The highest BCUT2D eigenvalue weighted by atomic mass is 19.3. The fourth-order valence-electron chi connectivity index (χ4n) is 3.55. The number of nitrogens with one attached hydrogen (secondary N) is 1. The summed E-state index contributed by atoms with van der Waals surface area (Å²) in [5, 5.41) is 7.83. The molecule has 8 heteroatoms. The Labute approximate surface area is 183 Å². The summed E-state index contributed by atoms with van der Waals surface area (Å²) in [5.74, 6) is -0.541. The molecule has 1 N–H and O–H groups in total. The highest BCUT2D eigenvalue weighted by Gasteiger charge is 2.18. The molecule has 6 nitrogen and oxygen atoms in total. The van der Waals surface area contributed by atoms with E-state index < -0.39 is 12.5 Å². The number of rotatable bonds is 6. The SMILES string of the molecule is CCn1cc(-c2cc(C(=O)Nc3ccc(C)cc3OC(F)F)c3ccccc3n2)c(C)n1. The molecular weight excluding hydrogens is 414 g/mol. The van der Waals surface area contributed by atoms with Gasteiger partial charge in [-0.25, -0.2) is 4.98 Å². The molecular formula is C24H22F2N4O2. The average molecular weight is 436 g/mol. The zero-order valence-electron chi connectivity index (χ0n) is 17.9. The fourth-order valence-corrected chi connectivity index (χ4v) is 3.55. The average Bonchev–Trinajstić information content (AvgIpc) is 3.15. The summed E-state index contributed by atoms with van der Waals surface area (Å²) in [5.41, 5.74) is 4.15. The Morgan fingerprint density at radius 3 is 2.66 bits per heavy atom. The van der Waals surface area contributed by atoms with Crippen molar-refractivity contribution < 1.29 is 18.3 Å². The lowest BCUT2D eigenvalue weighted by atomic mass is 10.0. The number of ether oxygens (including phenoxy) is 1. The summed E-state index contributed by atoms with van der Waals surface area (Å²) in [6, 6.07) is 13.7. The Balaban J connectivity index is 1.79. The third kappa shape index (κ3) is 4.30. The van der Waals surface area contributed by atoms with Gasteiger partial charge in [0.1, 0.15) is 5.75 Å². The summed E-state index contributed by atoms with van der Waals surface area (Å²) < 4.78 is 32.1. The minimum atomic E-state index is -3.00.